The van der Waals surface area contributed by atoms with E-state index in [0.717, 1.165) is 33.3 Å². The van der Waals surface area contributed by atoms with Crippen molar-refractivity contribution in [1.29, 1.82) is 0 Å². The Labute approximate surface area is 200 Å². The summed E-state index contributed by atoms with van der Waals surface area (Å²) >= 11 is 7.56. The van der Waals surface area contributed by atoms with E-state index >= 15 is 0 Å². The molecular formula is C26H19ClN4OS. The normalized spacial score (nSPS) is 17.1. The van der Waals surface area contributed by atoms with Crippen molar-refractivity contribution in [3.63, 3.8) is 0 Å². The fourth-order valence-corrected chi connectivity index (χ4v) is 5.35. The molecule has 33 heavy (non-hydrogen) atoms. The van der Waals surface area contributed by atoms with Crippen LogP contribution in [-0.2, 0) is 17.0 Å². The van der Waals surface area contributed by atoms with Gasteiger partial charge in [-0.25, -0.2) is 9.89 Å². The Morgan fingerprint density at radius 2 is 1.79 bits per heavy atom. The summed E-state index contributed by atoms with van der Waals surface area (Å²) in [6.45, 7) is 0. The number of halogens is 1. The molecule has 1 N–H and O–H groups in total. The number of rotatable bonds is 4. The van der Waals surface area contributed by atoms with Gasteiger partial charge in [0.15, 0.2) is 5.17 Å². The van der Waals surface area contributed by atoms with Crippen molar-refractivity contribution in [1.82, 2.24) is 9.88 Å². The maximum Gasteiger partial charge on any atom is 0.259 e. The Kier molecular flexibility index (Phi) is 5.04. The van der Waals surface area contributed by atoms with Gasteiger partial charge in [0.05, 0.1) is 5.69 Å². The van der Waals surface area contributed by atoms with Gasteiger partial charge < -0.3 is 4.98 Å². The predicted octanol–water partition coefficient (Wildman–Crippen LogP) is 5.96. The molecule has 1 amide bonds. The van der Waals surface area contributed by atoms with Crippen molar-refractivity contribution < 1.29 is 4.79 Å². The van der Waals surface area contributed by atoms with Crippen LogP contribution in [0.5, 0.6) is 0 Å². The molecule has 1 unspecified atom stereocenters. The molecule has 7 heteroatoms. The molecule has 0 aliphatic carbocycles. The van der Waals surface area contributed by atoms with E-state index in [1.807, 2.05) is 72.9 Å². The van der Waals surface area contributed by atoms with Crippen LogP contribution in [0.25, 0.3) is 10.9 Å². The maximum atomic E-state index is 13.6. The van der Waals surface area contributed by atoms with E-state index in [2.05, 4.69) is 11.1 Å². The predicted molar refractivity (Wildman–Crippen MR) is 135 cm³/mol. The second-order valence-electron chi connectivity index (χ2n) is 8.03. The molecule has 3 heterocycles. The highest BCUT2D eigenvalue weighted by Gasteiger charge is 2.41. The molecule has 1 aromatic heterocycles. The summed E-state index contributed by atoms with van der Waals surface area (Å²) in [5.74, 6) is 1.34. The number of aromatic amines is 1. The first kappa shape index (κ1) is 20.3. The zero-order valence-electron chi connectivity index (χ0n) is 17.5. The molecule has 6 rings (SSSR count). The third-order valence-corrected chi connectivity index (χ3v) is 7.18. The molecule has 0 spiro atoms. The van der Waals surface area contributed by atoms with Gasteiger partial charge in [0.2, 0.25) is 0 Å². The first-order valence-electron chi connectivity index (χ1n) is 10.7. The summed E-state index contributed by atoms with van der Waals surface area (Å²) in [7, 11) is 0. The van der Waals surface area contributed by atoms with Crippen molar-refractivity contribution in [3.8, 4) is 0 Å². The van der Waals surface area contributed by atoms with Gasteiger partial charge in [0.25, 0.3) is 5.91 Å². The van der Waals surface area contributed by atoms with E-state index in [4.69, 9.17) is 21.6 Å². The Balaban J connectivity index is 1.32. The van der Waals surface area contributed by atoms with Crippen LogP contribution < -0.4 is 0 Å². The van der Waals surface area contributed by atoms with Crippen molar-refractivity contribution in [2.24, 2.45) is 9.98 Å². The highest BCUT2D eigenvalue weighted by molar-refractivity contribution is 8.13. The van der Waals surface area contributed by atoms with Gasteiger partial charge >= 0.3 is 0 Å². The Bertz CT molecular complexity index is 1440. The Morgan fingerprint density at radius 3 is 2.67 bits per heavy atom. The number of carbonyl (C=O) groups excluding carboxylic acids is 1. The second kappa shape index (κ2) is 8.21. The molecule has 2 aliphatic heterocycles. The standard InChI is InChI=1S/C26H19ClN4OS/c27-18-11-9-16(10-12-18)15-33-26-30-22-8-4-2-6-20(22)24-29-23(25(32)31(24)26)13-17-14-28-21-7-3-1-5-19(17)21/h1-12,14,23,28H,13,15H2. The van der Waals surface area contributed by atoms with Gasteiger partial charge in [0, 0.05) is 39.9 Å². The molecular weight excluding hydrogens is 452 g/mol. The van der Waals surface area contributed by atoms with Crippen molar-refractivity contribution >= 4 is 56.9 Å². The lowest BCUT2D eigenvalue weighted by Crippen LogP contribution is -2.41. The molecule has 3 aromatic carbocycles. The second-order valence-corrected chi connectivity index (χ2v) is 9.41. The minimum Gasteiger partial charge on any atom is -0.361 e. The summed E-state index contributed by atoms with van der Waals surface area (Å²) < 4.78 is 0. The van der Waals surface area contributed by atoms with E-state index in [1.165, 1.54) is 11.8 Å². The highest BCUT2D eigenvalue weighted by Crippen LogP contribution is 2.35. The zero-order valence-corrected chi connectivity index (χ0v) is 19.1. The maximum absolute atomic E-state index is 13.6. The average molecular weight is 471 g/mol. The van der Waals surface area contributed by atoms with Gasteiger partial charge in [-0.2, -0.15) is 0 Å². The van der Waals surface area contributed by atoms with Crippen molar-refractivity contribution in [2.45, 2.75) is 18.2 Å². The van der Waals surface area contributed by atoms with Crippen LogP contribution in [0.15, 0.2) is 89.0 Å². The van der Waals surface area contributed by atoms with Crippen molar-refractivity contribution in [3.05, 3.63) is 101 Å². The summed E-state index contributed by atoms with van der Waals surface area (Å²) in [6, 6.07) is 23.2. The number of aromatic nitrogens is 1. The molecule has 0 radical (unpaired) electrons. The number of carbonyl (C=O) groups is 1. The largest absolute Gasteiger partial charge is 0.361 e. The lowest BCUT2D eigenvalue weighted by atomic mass is 10.1. The van der Waals surface area contributed by atoms with Gasteiger partial charge in [-0.3, -0.25) is 9.79 Å². The van der Waals surface area contributed by atoms with Crippen LogP contribution in [0.4, 0.5) is 5.69 Å². The molecule has 0 saturated heterocycles. The van der Waals surface area contributed by atoms with Crippen LogP contribution in [0.1, 0.15) is 16.7 Å². The smallest absolute Gasteiger partial charge is 0.259 e. The van der Waals surface area contributed by atoms with Gasteiger partial charge in [0.1, 0.15) is 11.9 Å². The molecule has 4 aromatic rings. The van der Waals surface area contributed by atoms with Crippen LogP contribution in [-0.4, -0.2) is 32.8 Å². The van der Waals surface area contributed by atoms with E-state index in [-0.39, 0.29) is 5.91 Å². The topological polar surface area (TPSA) is 60.8 Å². The number of thioether (sulfide) groups is 1. The van der Waals surface area contributed by atoms with Crippen LogP contribution >= 0.6 is 23.4 Å². The van der Waals surface area contributed by atoms with Crippen LogP contribution in [0.3, 0.4) is 0 Å². The number of nitrogens with zero attached hydrogens (tertiary/aromatic N) is 3. The lowest BCUT2D eigenvalue weighted by molar-refractivity contribution is -0.124. The van der Waals surface area contributed by atoms with Gasteiger partial charge in [-0.1, -0.05) is 65.8 Å². The molecule has 5 nitrogen and oxygen atoms in total. The average Bonchev–Trinajstić information content (AvgIpc) is 3.40. The Hall–Kier alpha value is -3.35. The van der Waals surface area contributed by atoms with E-state index < -0.39 is 6.04 Å². The molecule has 1 atom stereocenters. The lowest BCUT2D eigenvalue weighted by Gasteiger charge is -2.25. The molecule has 0 bridgehead atoms. The summed E-state index contributed by atoms with van der Waals surface area (Å²) in [6.07, 6.45) is 2.52. The first-order chi connectivity index (χ1) is 16.2. The van der Waals surface area contributed by atoms with E-state index in [1.54, 1.807) is 4.90 Å². The number of hydrogen-bond acceptors (Lipinski definition) is 4. The zero-order chi connectivity index (χ0) is 22.4. The Morgan fingerprint density at radius 1 is 1.00 bits per heavy atom. The summed E-state index contributed by atoms with van der Waals surface area (Å²) in [5.41, 5.74) is 5.00. The molecule has 162 valence electrons. The molecule has 2 aliphatic rings. The van der Waals surface area contributed by atoms with Crippen LogP contribution in [0.2, 0.25) is 5.02 Å². The summed E-state index contributed by atoms with van der Waals surface area (Å²) in [5, 5.41) is 2.49. The number of hydrogen-bond donors (Lipinski definition) is 1. The third-order valence-electron chi connectivity index (χ3n) is 5.92. The van der Waals surface area contributed by atoms with Gasteiger partial charge in [-0.05, 0) is 41.5 Å². The number of para-hydroxylation sites is 2. The number of fused-ring (bicyclic) bond motifs is 4. The van der Waals surface area contributed by atoms with Crippen molar-refractivity contribution in [2.75, 3.05) is 0 Å². The molecule has 0 saturated carbocycles. The van der Waals surface area contributed by atoms with Crippen LogP contribution in [0, 0.1) is 0 Å². The quantitative estimate of drug-likeness (QED) is 0.400. The summed E-state index contributed by atoms with van der Waals surface area (Å²) in [4.78, 5) is 28.3. The highest BCUT2D eigenvalue weighted by atomic mass is 35.5. The molecule has 0 fully saturated rings. The fourth-order valence-electron chi connectivity index (χ4n) is 4.27. The number of benzene rings is 3. The van der Waals surface area contributed by atoms with E-state index in [0.29, 0.717) is 28.2 Å². The minimum atomic E-state index is -0.480. The van der Waals surface area contributed by atoms with Gasteiger partial charge in [-0.15, -0.1) is 0 Å². The SMILES string of the molecule is O=C1C(Cc2c[nH]c3ccccc23)N=C2c3ccccc3N=C(SCc3ccc(Cl)cc3)N12. The fraction of sp³-hybridized carbons (Fsp3) is 0.115. The third kappa shape index (κ3) is 3.65. The number of amidine groups is 2. The minimum absolute atomic E-state index is 0.0351. The number of H-pyrrole nitrogens is 1. The monoisotopic (exact) mass is 470 g/mol. The number of aliphatic imine (C=N–C) groups is 2. The first-order valence-corrected chi connectivity index (χ1v) is 12.1. The number of amides is 1. The number of nitrogens with one attached hydrogen (secondary N) is 1. The van der Waals surface area contributed by atoms with E-state index in [9.17, 15) is 4.79 Å².